The summed E-state index contributed by atoms with van der Waals surface area (Å²) in [6.07, 6.45) is 0. The van der Waals surface area contributed by atoms with Crippen molar-refractivity contribution >= 4 is 39.3 Å². The minimum atomic E-state index is -4.05. The van der Waals surface area contributed by atoms with Crippen molar-refractivity contribution in [3.05, 3.63) is 59.1 Å². The van der Waals surface area contributed by atoms with E-state index in [1.807, 2.05) is 0 Å². The Balaban J connectivity index is 2.50. The first kappa shape index (κ1) is 19.0. The lowest BCUT2D eigenvalue weighted by Gasteiger charge is -2.24. The van der Waals surface area contributed by atoms with Crippen LogP contribution in [0.2, 0.25) is 5.02 Å². The van der Waals surface area contributed by atoms with Gasteiger partial charge in [0, 0.05) is 11.9 Å². The number of hydrogen-bond acceptors (Lipinski definition) is 5. The highest BCUT2D eigenvalue weighted by molar-refractivity contribution is 7.93. The molecule has 0 atom stereocenters. The van der Waals surface area contributed by atoms with E-state index in [2.05, 4.69) is 4.74 Å². The number of rotatable bonds is 5. The molecule has 2 rings (SSSR count). The topological polar surface area (TPSA) is 80.8 Å². The Bertz CT molecular complexity index is 894. The molecule has 0 heterocycles. The summed E-state index contributed by atoms with van der Waals surface area (Å²) in [5.41, 5.74) is 0.759. The van der Waals surface area contributed by atoms with E-state index in [-0.39, 0.29) is 10.6 Å². The fourth-order valence-electron chi connectivity index (χ4n) is 2.20. The molecule has 0 aromatic heterocycles. The second-order valence-corrected chi connectivity index (χ2v) is 7.49. The summed E-state index contributed by atoms with van der Waals surface area (Å²) in [4.78, 5) is 22.9. The largest absolute Gasteiger partial charge is 0.392 e. The predicted molar refractivity (Wildman–Crippen MR) is 93.9 cm³/mol. The fraction of sp³-hybridized carbons (Fsp3) is 0.176. The van der Waals surface area contributed by atoms with Crippen LogP contribution in [0.5, 0.6) is 0 Å². The molecule has 0 aliphatic rings. The van der Waals surface area contributed by atoms with Crippen molar-refractivity contribution in [1.29, 1.82) is 0 Å². The zero-order valence-corrected chi connectivity index (χ0v) is 15.2. The lowest BCUT2D eigenvalue weighted by atomic mass is 10.2. The number of carbonyl (C=O) groups is 2. The number of hydrogen-bond donors (Lipinski definition) is 0. The second kappa shape index (κ2) is 7.67. The predicted octanol–water partition coefficient (Wildman–Crippen LogP) is 2.93. The summed E-state index contributed by atoms with van der Waals surface area (Å²) in [5.74, 6) is -1.78. The molecule has 0 N–H and O–H groups in total. The van der Waals surface area contributed by atoms with Gasteiger partial charge in [-0.2, -0.15) is 0 Å². The maximum Gasteiger partial charge on any atom is 0.334 e. The minimum Gasteiger partial charge on any atom is -0.392 e. The molecular formula is C17H16ClNO5S. The van der Waals surface area contributed by atoms with E-state index in [0.29, 0.717) is 10.6 Å². The molecule has 0 spiro atoms. The van der Waals surface area contributed by atoms with Gasteiger partial charge in [-0.15, -0.1) is 0 Å². The molecule has 2 aromatic carbocycles. The Labute approximate surface area is 151 Å². The SMILES string of the molecule is CC(=O)OC(=O)CN(c1ccc(Cl)cc1)S(=O)(=O)c1ccccc1C. The number of carbonyl (C=O) groups excluding carboxylic acids is 2. The maximum atomic E-state index is 13.1. The Morgan fingerprint density at radius 1 is 1.08 bits per heavy atom. The third-order valence-electron chi connectivity index (χ3n) is 3.31. The molecule has 0 aliphatic heterocycles. The zero-order chi connectivity index (χ0) is 18.6. The van der Waals surface area contributed by atoms with Crippen LogP contribution in [0.4, 0.5) is 5.69 Å². The molecule has 0 saturated carbocycles. The van der Waals surface area contributed by atoms with Gasteiger partial charge in [-0.25, -0.2) is 13.2 Å². The van der Waals surface area contributed by atoms with Crippen LogP contribution in [0, 0.1) is 6.92 Å². The van der Waals surface area contributed by atoms with Gasteiger partial charge < -0.3 is 4.74 Å². The lowest BCUT2D eigenvalue weighted by molar-refractivity contribution is -0.156. The van der Waals surface area contributed by atoms with Crippen molar-refractivity contribution in [3.63, 3.8) is 0 Å². The van der Waals surface area contributed by atoms with Crippen LogP contribution in [-0.2, 0) is 24.3 Å². The third-order valence-corrected chi connectivity index (χ3v) is 5.49. The van der Waals surface area contributed by atoms with Gasteiger partial charge in [0.1, 0.15) is 6.54 Å². The first-order chi connectivity index (χ1) is 11.7. The number of aryl methyl sites for hydroxylation is 1. The van der Waals surface area contributed by atoms with Crippen molar-refractivity contribution < 1.29 is 22.7 Å². The smallest absolute Gasteiger partial charge is 0.334 e. The summed E-state index contributed by atoms with van der Waals surface area (Å²) in [7, 11) is -4.05. The molecule has 132 valence electrons. The van der Waals surface area contributed by atoms with Crippen molar-refractivity contribution in [2.45, 2.75) is 18.7 Å². The number of ether oxygens (including phenoxy) is 1. The molecule has 0 unspecified atom stereocenters. The third kappa shape index (κ3) is 4.58. The zero-order valence-electron chi connectivity index (χ0n) is 13.6. The number of nitrogens with zero attached hydrogens (tertiary/aromatic N) is 1. The van der Waals surface area contributed by atoms with Crippen LogP contribution in [0.15, 0.2) is 53.4 Å². The van der Waals surface area contributed by atoms with Crippen molar-refractivity contribution in [3.8, 4) is 0 Å². The normalized spacial score (nSPS) is 11.0. The molecule has 0 fully saturated rings. The van der Waals surface area contributed by atoms with Crippen molar-refractivity contribution in [2.24, 2.45) is 0 Å². The molecule has 0 bridgehead atoms. The van der Waals surface area contributed by atoms with E-state index in [4.69, 9.17) is 11.6 Å². The van der Waals surface area contributed by atoms with Gasteiger partial charge >= 0.3 is 11.9 Å². The maximum absolute atomic E-state index is 13.1. The number of halogens is 1. The monoisotopic (exact) mass is 381 g/mol. The number of esters is 2. The van der Waals surface area contributed by atoms with Crippen LogP contribution in [0.1, 0.15) is 12.5 Å². The molecule has 0 aliphatic carbocycles. The van der Waals surface area contributed by atoms with Crippen LogP contribution in [0.3, 0.4) is 0 Å². The Morgan fingerprint density at radius 2 is 1.68 bits per heavy atom. The molecule has 0 saturated heterocycles. The Morgan fingerprint density at radius 3 is 2.24 bits per heavy atom. The standard InChI is InChI=1S/C17H16ClNO5S/c1-12-5-3-4-6-16(12)25(22,23)19(11-17(21)24-13(2)20)15-9-7-14(18)8-10-15/h3-10H,11H2,1-2H3. The van der Waals surface area contributed by atoms with Gasteiger partial charge in [-0.3, -0.25) is 9.10 Å². The highest BCUT2D eigenvalue weighted by atomic mass is 35.5. The van der Waals surface area contributed by atoms with Gasteiger partial charge in [-0.05, 0) is 42.8 Å². The Hall–Kier alpha value is -2.38. The summed E-state index contributed by atoms with van der Waals surface area (Å²) in [5, 5.41) is 0.420. The van der Waals surface area contributed by atoms with Gasteiger partial charge in [0.25, 0.3) is 10.0 Å². The molecule has 6 nitrogen and oxygen atoms in total. The van der Waals surface area contributed by atoms with Crippen molar-refractivity contribution in [1.82, 2.24) is 0 Å². The van der Waals surface area contributed by atoms with E-state index in [1.54, 1.807) is 25.1 Å². The quantitative estimate of drug-likeness (QED) is 0.587. The first-order valence-corrected chi connectivity index (χ1v) is 9.09. The van der Waals surface area contributed by atoms with E-state index >= 15 is 0 Å². The van der Waals surface area contributed by atoms with Crippen LogP contribution in [0.25, 0.3) is 0 Å². The number of anilines is 1. The number of benzene rings is 2. The van der Waals surface area contributed by atoms with E-state index in [1.165, 1.54) is 30.3 Å². The molecule has 2 aromatic rings. The summed E-state index contributed by atoms with van der Waals surface area (Å²) in [6.45, 7) is 2.08. The van der Waals surface area contributed by atoms with Gasteiger partial charge in [-0.1, -0.05) is 29.8 Å². The van der Waals surface area contributed by atoms with Crippen LogP contribution in [-0.4, -0.2) is 26.9 Å². The van der Waals surface area contributed by atoms with Gasteiger partial charge in [0.15, 0.2) is 0 Å². The molecule has 25 heavy (non-hydrogen) atoms. The highest BCUT2D eigenvalue weighted by Gasteiger charge is 2.29. The lowest BCUT2D eigenvalue weighted by Crippen LogP contribution is -2.37. The highest BCUT2D eigenvalue weighted by Crippen LogP contribution is 2.26. The van der Waals surface area contributed by atoms with E-state index in [9.17, 15) is 18.0 Å². The average molecular weight is 382 g/mol. The first-order valence-electron chi connectivity index (χ1n) is 7.27. The molecule has 0 amide bonds. The minimum absolute atomic E-state index is 0.0561. The Kier molecular flexibility index (Phi) is 5.81. The molecule has 0 radical (unpaired) electrons. The summed E-state index contributed by atoms with van der Waals surface area (Å²) < 4.78 is 31.5. The van der Waals surface area contributed by atoms with Crippen molar-refractivity contribution in [2.75, 3.05) is 10.8 Å². The second-order valence-electron chi connectivity index (χ2n) is 5.22. The van der Waals surface area contributed by atoms with Crippen LogP contribution >= 0.6 is 11.6 Å². The van der Waals surface area contributed by atoms with Gasteiger partial charge in [0.05, 0.1) is 10.6 Å². The average Bonchev–Trinajstić information content (AvgIpc) is 2.53. The fourth-order valence-corrected chi connectivity index (χ4v) is 3.96. The number of sulfonamides is 1. The van der Waals surface area contributed by atoms with Gasteiger partial charge in [0.2, 0.25) is 0 Å². The molecular weight excluding hydrogens is 366 g/mol. The van der Waals surface area contributed by atoms with E-state index < -0.39 is 28.5 Å². The van der Waals surface area contributed by atoms with E-state index in [0.717, 1.165) is 11.2 Å². The molecule has 8 heteroatoms. The van der Waals surface area contributed by atoms with Crippen LogP contribution < -0.4 is 4.31 Å². The summed E-state index contributed by atoms with van der Waals surface area (Å²) >= 11 is 5.84. The summed E-state index contributed by atoms with van der Waals surface area (Å²) in [6, 6.07) is 12.4.